The number of carboxylic acids is 1. The third-order valence-corrected chi connectivity index (χ3v) is 16.9. The molecule has 0 unspecified atom stereocenters. The number of aliphatic hydroxyl groups is 1. The van der Waals surface area contributed by atoms with Crippen LogP contribution in [0.25, 0.3) is 0 Å². The van der Waals surface area contributed by atoms with Gasteiger partial charge in [-0.15, -0.1) is 0 Å². The number of aliphatic carboxylic acids is 1. The van der Waals surface area contributed by atoms with Crippen molar-refractivity contribution < 1.29 is 72.5 Å². The van der Waals surface area contributed by atoms with Crippen molar-refractivity contribution in [2.24, 2.45) is 84.5 Å². The molecule has 1 aliphatic heterocycles. The van der Waals surface area contributed by atoms with Crippen LogP contribution in [-0.4, -0.2) is 237 Å². The topological polar surface area (TPSA) is 660 Å². The highest BCUT2D eigenvalue weighted by atomic mass is 32.2. The zero-order chi connectivity index (χ0) is 78.5. The average molecular weight is 1490 g/mol. The second-order valence-corrected chi connectivity index (χ2v) is 28.1. The number of aromatic amines is 1. The van der Waals surface area contributed by atoms with E-state index in [2.05, 4.69) is 78.1 Å². The minimum absolute atomic E-state index is 0.0112. The number of primary amides is 1. The second-order valence-electron chi connectivity index (χ2n) is 27.1. The molecule has 0 saturated carbocycles. The highest BCUT2D eigenvalue weighted by Crippen LogP contribution is 2.21. The molecule has 39 nitrogen and oxygen atoms in total. The summed E-state index contributed by atoms with van der Waals surface area (Å²) in [4.78, 5) is 200. The van der Waals surface area contributed by atoms with Crippen LogP contribution in [0.5, 0.6) is 0 Å². The molecule has 29 N–H and O–H groups in total. The molecule has 0 bridgehead atoms. The number of aliphatic hydroxyl groups excluding tert-OH is 1. The normalized spacial score (nSPS) is 15.9. The van der Waals surface area contributed by atoms with E-state index in [0.717, 1.165) is 0 Å². The van der Waals surface area contributed by atoms with Gasteiger partial charge in [-0.3, -0.25) is 72.5 Å². The minimum atomic E-state index is -1.74. The molecule has 0 spiro atoms. The Morgan fingerprint density at radius 3 is 1.36 bits per heavy atom. The first-order valence-electron chi connectivity index (χ1n) is 34.7. The second kappa shape index (κ2) is 46.9. The Hall–Kier alpha value is -9.60. The molecule has 1 aliphatic rings. The monoisotopic (exact) mass is 1490 g/mol. The number of nitrogens with two attached hydrogens (primary N) is 8. The van der Waals surface area contributed by atoms with Gasteiger partial charge in [0.1, 0.15) is 66.5 Å². The average Bonchev–Trinajstić information content (AvgIpc) is 1.76. The molecule has 1 aromatic heterocycles. The Bertz CT molecular complexity index is 3090. The van der Waals surface area contributed by atoms with Crippen LogP contribution in [0.3, 0.4) is 0 Å². The largest absolute Gasteiger partial charge is 0.480 e. The van der Waals surface area contributed by atoms with Gasteiger partial charge in [0.05, 0.1) is 25.4 Å². The van der Waals surface area contributed by atoms with Crippen molar-refractivity contribution >= 4 is 106 Å². The van der Waals surface area contributed by atoms with Gasteiger partial charge in [0, 0.05) is 44.5 Å². The number of nitrogens with zero attached hydrogens (tertiary/aromatic N) is 5. The van der Waals surface area contributed by atoms with Crippen LogP contribution in [0.4, 0.5) is 0 Å². The number of H-pyrrole nitrogens is 1. The lowest BCUT2D eigenvalue weighted by atomic mass is 9.99. The molecule has 12 atom stereocenters. The fourth-order valence-corrected chi connectivity index (χ4v) is 11.4. The van der Waals surface area contributed by atoms with E-state index < -0.39 is 168 Å². The smallest absolute Gasteiger partial charge is 0.326 e. The van der Waals surface area contributed by atoms with Crippen LogP contribution < -0.4 is 99.0 Å². The lowest BCUT2D eigenvalue weighted by Crippen LogP contribution is -2.62. The van der Waals surface area contributed by atoms with Gasteiger partial charge >= 0.3 is 5.97 Å². The molecule has 0 radical (unpaired) electrons. The van der Waals surface area contributed by atoms with Gasteiger partial charge in [-0.25, -0.2) is 9.78 Å². The van der Waals surface area contributed by atoms with Crippen LogP contribution in [0, 0.1) is 23.7 Å². The van der Waals surface area contributed by atoms with Crippen LogP contribution in [-0.2, 0) is 68.7 Å². The SMILES string of the molecule is CSCC[C@H](NC(=O)[C@H](CO)NC(=O)[C@H](CC(C)C)NC(=O)[C@H](Cc1cnc[nH]1)NC(=O)[C@H](CC(C)C)NC(=O)[C@H](CCCN=C(N)N)NC(=O)[C@H](CC(N)=O)NC(=O)[C@@H](N)CCCN=C(N)N)C(=O)N[C@@H](CC(C)C)C(=O)N[C@H](C(=O)N[C@@H](CCCN=C(N)N)C(=O)N1CCC[C@H]1C(=O)O)C(C)C. The summed E-state index contributed by atoms with van der Waals surface area (Å²) >= 11 is 1.32. The number of hydrogen-bond acceptors (Lipinski definition) is 20. The molecule has 104 heavy (non-hydrogen) atoms. The summed E-state index contributed by atoms with van der Waals surface area (Å²) < 4.78 is 0. The number of carbonyl (C=O) groups is 13. The first-order valence-corrected chi connectivity index (χ1v) is 36.1. The van der Waals surface area contributed by atoms with Crippen molar-refractivity contribution in [3.8, 4) is 0 Å². The Morgan fingerprint density at radius 1 is 0.529 bits per heavy atom. The van der Waals surface area contributed by atoms with Crippen molar-refractivity contribution in [3.05, 3.63) is 18.2 Å². The van der Waals surface area contributed by atoms with Crippen molar-refractivity contribution in [3.63, 3.8) is 0 Å². The molecule has 1 saturated heterocycles. The van der Waals surface area contributed by atoms with Crippen LogP contribution in [0.1, 0.15) is 145 Å². The first kappa shape index (κ1) is 90.5. The van der Waals surface area contributed by atoms with E-state index in [1.54, 1.807) is 61.6 Å². The van der Waals surface area contributed by atoms with Gasteiger partial charge in [0.15, 0.2) is 17.9 Å². The molecule has 586 valence electrons. The Morgan fingerprint density at radius 2 is 0.923 bits per heavy atom. The quantitative estimate of drug-likeness (QED) is 0.0164. The molecule has 0 aliphatic carbocycles. The Kier molecular flexibility index (Phi) is 40.8. The van der Waals surface area contributed by atoms with Gasteiger partial charge in [-0.1, -0.05) is 55.4 Å². The van der Waals surface area contributed by atoms with Gasteiger partial charge < -0.3 is 119 Å². The van der Waals surface area contributed by atoms with E-state index >= 15 is 0 Å². The molecular weight excluding hydrogens is 1380 g/mol. The number of aliphatic imine (C=N–C) groups is 3. The number of rotatable bonds is 49. The summed E-state index contributed by atoms with van der Waals surface area (Å²) in [6.45, 7) is 13.2. The molecule has 2 heterocycles. The summed E-state index contributed by atoms with van der Waals surface area (Å²) in [5.41, 5.74) is 44.6. The number of carboxylic acid groups (broad SMARTS) is 1. The first-order chi connectivity index (χ1) is 48.9. The summed E-state index contributed by atoms with van der Waals surface area (Å²) in [5, 5.41) is 46.6. The van der Waals surface area contributed by atoms with Crippen molar-refractivity contribution in [2.45, 2.75) is 218 Å². The summed E-state index contributed by atoms with van der Waals surface area (Å²) in [6.07, 6.45) is 4.50. The van der Waals surface area contributed by atoms with Crippen molar-refractivity contribution in [2.75, 3.05) is 44.8 Å². The third kappa shape index (κ3) is 34.1. The van der Waals surface area contributed by atoms with Crippen molar-refractivity contribution in [1.29, 1.82) is 0 Å². The van der Waals surface area contributed by atoms with E-state index in [1.807, 2.05) is 0 Å². The number of guanidine groups is 3. The molecule has 1 fully saturated rings. The lowest BCUT2D eigenvalue weighted by Gasteiger charge is -2.31. The van der Waals surface area contributed by atoms with Crippen molar-refractivity contribution in [1.82, 2.24) is 68.0 Å². The fraction of sp³-hybridized carbons (Fsp3) is 0.703. The fourth-order valence-electron chi connectivity index (χ4n) is 10.9. The maximum absolute atomic E-state index is 14.6. The molecule has 1 aromatic rings. The van der Waals surface area contributed by atoms with Gasteiger partial charge in [0.2, 0.25) is 70.9 Å². The molecule has 2 rings (SSSR count). The highest BCUT2D eigenvalue weighted by Gasteiger charge is 2.41. The molecule has 0 aromatic carbocycles. The molecule has 40 heteroatoms. The number of nitrogens with one attached hydrogen (secondary N) is 11. The predicted octanol–water partition coefficient (Wildman–Crippen LogP) is -6.22. The standard InChI is InChI=1S/C64H114N24O15S/c1-32(2)24-41(82-51(92)38(15-11-20-75-63(69)70)78-56(97)45(28-48(66)90)81-50(91)37(65)14-10-19-74-62(67)68)53(94)85-44(27-36-29-73-31-77-36)55(96)84-42(25-33(3)4)54(95)86-46(30-89)58(99)79-39(18-23-104-9)52(93)83-43(26-34(5)6)57(98)87-49(35(7)8)59(100)80-40(16-12-21-76-64(71)72)60(101)88-22-13-17-47(88)61(102)103/h29,31-35,37-47,49,89H,10-28,30,65H2,1-9H3,(H2,66,90)(H,73,77)(H,78,97)(H,79,99)(H,80,100)(H,81,91)(H,82,92)(H,83,93)(H,84,96)(H,85,94)(H,86,95)(H,87,98)(H,102,103)(H4,67,68,74)(H4,69,70,75)(H4,71,72,76)/t37-,38-,39-,40-,41-,42-,43-,44-,45-,46-,47-,49-/m0/s1. The number of imidazole rings is 1. The third-order valence-electron chi connectivity index (χ3n) is 16.2. The number of hydrogen-bond donors (Lipinski definition) is 21. The number of thioether (sulfide) groups is 1. The van der Waals surface area contributed by atoms with Crippen LogP contribution in [0.2, 0.25) is 0 Å². The maximum Gasteiger partial charge on any atom is 0.326 e. The maximum atomic E-state index is 14.6. The Labute approximate surface area is 610 Å². The molecule has 12 amide bonds. The number of carbonyl (C=O) groups excluding carboxylic acids is 12. The number of amides is 12. The zero-order valence-corrected chi connectivity index (χ0v) is 61.8. The van der Waals surface area contributed by atoms with Gasteiger partial charge in [-0.05, 0) is 113 Å². The van der Waals surface area contributed by atoms with E-state index in [1.165, 1.54) is 29.2 Å². The highest BCUT2D eigenvalue weighted by molar-refractivity contribution is 7.98. The minimum Gasteiger partial charge on any atom is -0.480 e. The van der Waals surface area contributed by atoms with E-state index in [0.29, 0.717) is 12.1 Å². The molecular formula is C64H114N24O15S. The lowest BCUT2D eigenvalue weighted by molar-refractivity contribution is -0.149. The van der Waals surface area contributed by atoms with E-state index in [-0.39, 0.29) is 145 Å². The van der Waals surface area contributed by atoms with Gasteiger partial charge in [-0.2, -0.15) is 11.8 Å². The van der Waals surface area contributed by atoms with Gasteiger partial charge in [0.25, 0.3) is 0 Å². The summed E-state index contributed by atoms with van der Waals surface area (Å²) in [5.74, 6) is -13.6. The van der Waals surface area contributed by atoms with Crippen LogP contribution >= 0.6 is 11.8 Å². The number of aromatic nitrogens is 2. The van der Waals surface area contributed by atoms with Crippen LogP contribution in [0.15, 0.2) is 27.5 Å². The summed E-state index contributed by atoms with van der Waals surface area (Å²) in [6, 6.07) is -16.7. The van der Waals surface area contributed by atoms with E-state index in [9.17, 15) is 72.5 Å². The predicted molar refractivity (Wildman–Crippen MR) is 389 cm³/mol. The zero-order valence-electron chi connectivity index (χ0n) is 61.0. The van der Waals surface area contributed by atoms with E-state index in [4.69, 9.17) is 45.9 Å². The summed E-state index contributed by atoms with van der Waals surface area (Å²) in [7, 11) is 0. The number of likely N-dealkylation sites (tertiary alicyclic amines) is 1. The Balaban J connectivity index is 2.46.